The van der Waals surface area contributed by atoms with Crippen LogP contribution in [0.4, 0.5) is 5.95 Å². The minimum atomic E-state index is 0.664. The van der Waals surface area contributed by atoms with Gasteiger partial charge >= 0.3 is 0 Å². The largest absolute Gasteiger partial charge is 0.385 e. The van der Waals surface area contributed by atoms with E-state index in [9.17, 15) is 0 Å². The average molecular weight is 285 g/mol. The highest BCUT2D eigenvalue weighted by molar-refractivity contribution is 5.25. The van der Waals surface area contributed by atoms with E-state index in [2.05, 4.69) is 14.9 Å². The molecule has 6 heteroatoms. The summed E-state index contributed by atoms with van der Waals surface area (Å²) in [6, 6.07) is 0. The molecule has 0 radical (unpaired) electrons. The van der Waals surface area contributed by atoms with E-state index >= 15 is 0 Å². The third kappa shape index (κ3) is 7.47. The molecule has 116 valence electrons. The Morgan fingerprint density at radius 3 is 2.70 bits per heavy atom. The fourth-order valence-electron chi connectivity index (χ4n) is 1.80. The van der Waals surface area contributed by atoms with E-state index in [1.807, 2.05) is 12.4 Å². The van der Waals surface area contributed by atoms with Crippen LogP contribution < -0.4 is 5.32 Å². The van der Waals surface area contributed by atoms with Crippen molar-refractivity contribution in [2.24, 2.45) is 0 Å². The van der Waals surface area contributed by atoms with Gasteiger partial charge in [0.15, 0.2) is 0 Å². The first kappa shape index (κ1) is 16.9. The van der Waals surface area contributed by atoms with Gasteiger partial charge in [-0.3, -0.25) is 0 Å². The number of nitrogens with zero attached hydrogens (tertiary/aromatic N) is 2. The van der Waals surface area contributed by atoms with Gasteiger partial charge in [0, 0.05) is 52.9 Å². The standard InChI is InChI=1S/C14H27N3O3/c1-18-10-5-6-15-14-16-7-9-17(14)8-3-4-11-20-13-12-19-2/h7,9H,3-6,8,10-13H2,1-2H3,(H,15,16). The molecular weight excluding hydrogens is 258 g/mol. The molecule has 0 saturated heterocycles. The Morgan fingerprint density at radius 2 is 1.90 bits per heavy atom. The molecule has 0 spiro atoms. The zero-order chi connectivity index (χ0) is 14.5. The number of aryl methyl sites for hydroxylation is 1. The van der Waals surface area contributed by atoms with Gasteiger partial charge in [-0.15, -0.1) is 0 Å². The number of rotatable bonds is 13. The SMILES string of the molecule is COCCCNc1nccn1CCCCOCCOC. The summed E-state index contributed by atoms with van der Waals surface area (Å²) in [5.74, 6) is 0.932. The minimum absolute atomic E-state index is 0.664. The summed E-state index contributed by atoms with van der Waals surface area (Å²) < 4.78 is 17.5. The fourth-order valence-corrected chi connectivity index (χ4v) is 1.80. The molecule has 0 aliphatic heterocycles. The lowest BCUT2D eigenvalue weighted by Gasteiger charge is -2.09. The van der Waals surface area contributed by atoms with Crippen molar-refractivity contribution in [1.82, 2.24) is 9.55 Å². The monoisotopic (exact) mass is 285 g/mol. The van der Waals surface area contributed by atoms with E-state index in [4.69, 9.17) is 14.2 Å². The Bertz CT molecular complexity index is 331. The molecule has 1 heterocycles. The third-order valence-electron chi connectivity index (χ3n) is 2.89. The number of unbranched alkanes of at least 4 members (excludes halogenated alkanes) is 1. The number of imidazole rings is 1. The van der Waals surface area contributed by atoms with Crippen LogP contribution in [-0.2, 0) is 20.8 Å². The molecule has 0 amide bonds. The number of ether oxygens (including phenoxy) is 3. The van der Waals surface area contributed by atoms with Crippen LogP contribution in [-0.4, -0.2) is 56.7 Å². The molecule has 0 unspecified atom stereocenters. The van der Waals surface area contributed by atoms with Crippen molar-refractivity contribution in [1.29, 1.82) is 0 Å². The molecule has 0 saturated carbocycles. The average Bonchev–Trinajstić information content (AvgIpc) is 2.90. The Balaban J connectivity index is 2.09. The van der Waals surface area contributed by atoms with Crippen molar-refractivity contribution >= 4 is 5.95 Å². The molecule has 0 aliphatic carbocycles. The van der Waals surface area contributed by atoms with E-state index < -0.39 is 0 Å². The molecule has 1 rings (SSSR count). The van der Waals surface area contributed by atoms with Crippen LogP contribution >= 0.6 is 0 Å². The molecule has 1 aromatic rings. The van der Waals surface area contributed by atoms with E-state index in [-0.39, 0.29) is 0 Å². The van der Waals surface area contributed by atoms with Gasteiger partial charge in [0.2, 0.25) is 5.95 Å². The van der Waals surface area contributed by atoms with Crippen molar-refractivity contribution in [3.8, 4) is 0 Å². The molecule has 1 aromatic heterocycles. The molecule has 1 N–H and O–H groups in total. The van der Waals surface area contributed by atoms with Crippen LogP contribution in [0.25, 0.3) is 0 Å². The van der Waals surface area contributed by atoms with Gasteiger partial charge in [0.05, 0.1) is 13.2 Å². The summed E-state index contributed by atoms with van der Waals surface area (Å²) in [5.41, 5.74) is 0. The summed E-state index contributed by atoms with van der Waals surface area (Å²) in [7, 11) is 3.40. The Hall–Kier alpha value is -1.11. The second-order valence-corrected chi connectivity index (χ2v) is 4.53. The summed E-state index contributed by atoms with van der Waals surface area (Å²) in [6.07, 6.45) is 6.94. The van der Waals surface area contributed by atoms with Gasteiger partial charge in [-0.05, 0) is 19.3 Å². The van der Waals surface area contributed by atoms with E-state index in [1.165, 1.54) is 0 Å². The maximum Gasteiger partial charge on any atom is 0.202 e. The normalized spacial score (nSPS) is 10.9. The van der Waals surface area contributed by atoms with Gasteiger partial charge in [-0.1, -0.05) is 0 Å². The number of hydrogen-bond donors (Lipinski definition) is 1. The lowest BCUT2D eigenvalue weighted by molar-refractivity contribution is 0.0684. The zero-order valence-corrected chi connectivity index (χ0v) is 12.6. The van der Waals surface area contributed by atoms with Gasteiger partial charge in [0.25, 0.3) is 0 Å². The second kappa shape index (κ2) is 11.7. The van der Waals surface area contributed by atoms with Gasteiger partial charge in [-0.2, -0.15) is 0 Å². The fraction of sp³-hybridized carbons (Fsp3) is 0.786. The first-order valence-electron chi connectivity index (χ1n) is 7.19. The lowest BCUT2D eigenvalue weighted by atomic mass is 10.3. The molecule has 0 atom stereocenters. The number of hydrogen-bond acceptors (Lipinski definition) is 5. The maximum absolute atomic E-state index is 5.44. The Kier molecular flexibility index (Phi) is 9.91. The number of anilines is 1. The smallest absolute Gasteiger partial charge is 0.202 e. The minimum Gasteiger partial charge on any atom is -0.385 e. The van der Waals surface area contributed by atoms with E-state index in [0.29, 0.717) is 13.2 Å². The molecule has 20 heavy (non-hydrogen) atoms. The highest BCUT2D eigenvalue weighted by Crippen LogP contribution is 2.06. The first-order valence-corrected chi connectivity index (χ1v) is 7.19. The van der Waals surface area contributed by atoms with Crippen molar-refractivity contribution in [3.63, 3.8) is 0 Å². The predicted octanol–water partition coefficient (Wildman–Crippen LogP) is 1.77. The van der Waals surface area contributed by atoms with Gasteiger partial charge in [-0.25, -0.2) is 4.98 Å². The molecule has 0 bridgehead atoms. The Labute approximate surface area is 121 Å². The van der Waals surface area contributed by atoms with Crippen molar-refractivity contribution < 1.29 is 14.2 Å². The predicted molar refractivity (Wildman–Crippen MR) is 79.1 cm³/mol. The van der Waals surface area contributed by atoms with Crippen molar-refractivity contribution in [2.75, 3.05) is 52.5 Å². The van der Waals surface area contributed by atoms with Crippen molar-refractivity contribution in [3.05, 3.63) is 12.4 Å². The van der Waals surface area contributed by atoms with Gasteiger partial charge in [0.1, 0.15) is 0 Å². The number of aromatic nitrogens is 2. The van der Waals surface area contributed by atoms with Crippen LogP contribution in [0.1, 0.15) is 19.3 Å². The van der Waals surface area contributed by atoms with Gasteiger partial charge < -0.3 is 24.1 Å². The number of nitrogens with one attached hydrogen (secondary N) is 1. The highest BCUT2D eigenvalue weighted by atomic mass is 16.5. The number of methoxy groups -OCH3 is 2. The zero-order valence-electron chi connectivity index (χ0n) is 12.6. The van der Waals surface area contributed by atoms with Crippen LogP contribution in [0, 0.1) is 0 Å². The van der Waals surface area contributed by atoms with Crippen LogP contribution in [0.5, 0.6) is 0 Å². The Morgan fingerprint density at radius 1 is 1.05 bits per heavy atom. The molecule has 6 nitrogen and oxygen atoms in total. The van der Waals surface area contributed by atoms with E-state index in [0.717, 1.165) is 51.5 Å². The molecular formula is C14H27N3O3. The summed E-state index contributed by atoms with van der Waals surface area (Å²) in [4.78, 5) is 4.32. The van der Waals surface area contributed by atoms with E-state index in [1.54, 1.807) is 14.2 Å². The quantitative estimate of drug-likeness (QED) is 0.560. The first-order chi connectivity index (χ1) is 9.88. The molecule has 0 aromatic carbocycles. The highest BCUT2D eigenvalue weighted by Gasteiger charge is 2.01. The third-order valence-corrected chi connectivity index (χ3v) is 2.89. The maximum atomic E-state index is 5.44. The topological polar surface area (TPSA) is 57.5 Å². The summed E-state index contributed by atoms with van der Waals surface area (Å²) in [5, 5.41) is 3.32. The summed E-state index contributed by atoms with van der Waals surface area (Å²) >= 11 is 0. The molecule has 0 fully saturated rings. The lowest BCUT2D eigenvalue weighted by Crippen LogP contribution is -2.11. The van der Waals surface area contributed by atoms with Crippen LogP contribution in [0.2, 0.25) is 0 Å². The molecule has 0 aliphatic rings. The second-order valence-electron chi connectivity index (χ2n) is 4.53. The van der Waals surface area contributed by atoms with Crippen molar-refractivity contribution in [2.45, 2.75) is 25.8 Å². The van der Waals surface area contributed by atoms with Crippen LogP contribution in [0.3, 0.4) is 0 Å². The van der Waals surface area contributed by atoms with Crippen LogP contribution in [0.15, 0.2) is 12.4 Å². The summed E-state index contributed by atoms with van der Waals surface area (Å²) in [6.45, 7) is 4.73.